The van der Waals surface area contributed by atoms with Crippen LogP contribution in [-0.2, 0) is 24.0 Å². The molecule has 2 bridgehead atoms. The number of carbonyl (C=O) groups is 3. The molecule has 6 unspecified atom stereocenters. The Hall–Kier alpha value is -1.83. The van der Waals surface area contributed by atoms with Gasteiger partial charge >= 0.3 is 0 Å². The molecule has 2 aliphatic heterocycles. The molecule has 57 heavy (non-hydrogen) atoms. The number of fused-ring (bicyclic) bond motifs is 2. The molecule has 0 aromatic heterocycles. The largest absolute Gasteiger partial charge is 0.394 e. The maximum atomic E-state index is 14.5. The van der Waals surface area contributed by atoms with Crippen molar-refractivity contribution in [1.29, 1.82) is 0 Å². The Labute approximate surface area is 342 Å². The average Bonchev–Trinajstić information content (AvgIpc) is 3.84. The lowest BCUT2D eigenvalue weighted by Gasteiger charge is -2.62. The van der Waals surface area contributed by atoms with Crippen molar-refractivity contribution in [2.75, 3.05) is 40.9 Å². The summed E-state index contributed by atoms with van der Waals surface area (Å²) in [5, 5.41) is 30.0. The number of nitrogens with zero attached hydrogens (tertiary/aromatic N) is 3. The smallest absolute Gasteiger partial charge is 0.243 e. The van der Waals surface area contributed by atoms with E-state index in [1.807, 2.05) is 4.90 Å². The van der Waals surface area contributed by atoms with Crippen LogP contribution in [0.4, 0.5) is 0 Å². The molecule has 3 amide bonds. The predicted octanol–water partition coefficient (Wildman–Crippen LogP) is 4.36. The van der Waals surface area contributed by atoms with Crippen LogP contribution in [0.25, 0.3) is 0 Å². The fourth-order valence-electron chi connectivity index (χ4n) is 13.5. The zero-order valence-corrected chi connectivity index (χ0v) is 36.2. The molecule has 12 heteroatoms. The van der Waals surface area contributed by atoms with Crippen molar-refractivity contribution in [3.63, 3.8) is 0 Å². The Morgan fingerprint density at radius 1 is 0.930 bits per heavy atom. The van der Waals surface area contributed by atoms with Gasteiger partial charge in [-0.05, 0) is 127 Å². The number of nitrogens with one attached hydrogen (secondary N) is 2. The van der Waals surface area contributed by atoms with E-state index in [0.29, 0.717) is 36.3 Å². The summed E-state index contributed by atoms with van der Waals surface area (Å²) in [6.45, 7) is 9.52. The van der Waals surface area contributed by atoms with Gasteiger partial charge in [0.15, 0.2) is 0 Å². The number of rotatable bonds is 12. The Morgan fingerprint density at radius 2 is 1.68 bits per heavy atom. The molecule has 15 atom stereocenters. The minimum absolute atomic E-state index is 0.0324. The zero-order chi connectivity index (χ0) is 40.8. The molecule has 4 N–H and O–H groups in total. The highest BCUT2D eigenvalue weighted by atomic mass is 16.7. The molecule has 6 aliphatic carbocycles. The minimum Gasteiger partial charge on any atom is -0.394 e. The molecule has 0 radical (unpaired) electrons. The number of hydrogen-bond acceptors (Lipinski definition) is 9. The van der Waals surface area contributed by atoms with Crippen LogP contribution in [0.3, 0.4) is 0 Å². The van der Waals surface area contributed by atoms with E-state index in [9.17, 15) is 24.6 Å². The Kier molecular flexibility index (Phi) is 13.7. The first-order chi connectivity index (χ1) is 27.2. The molecular formula is C45H77N5O7. The number of amides is 3. The molecule has 8 rings (SSSR count). The van der Waals surface area contributed by atoms with E-state index in [2.05, 4.69) is 50.4 Å². The van der Waals surface area contributed by atoms with Crippen LogP contribution < -0.4 is 10.6 Å². The normalized spacial score (nSPS) is 41.8. The van der Waals surface area contributed by atoms with Gasteiger partial charge in [-0.15, -0.1) is 0 Å². The molecule has 324 valence electrons. The zero-order valence-electron chi connectivity index (χ0n) is 36.2. The molecule has 2 heterocycles. The van der Waals surface area contributed by atoms with E-state index in [4.69, 9.17) is 9.57 Å². The Morgan fingerprint density at radius 3 is 2.33 bits per heavy atom. The van der Waals surface area contributed by atoms with E-state index in [0.717, 1.165) is 83.5 Å². The van der Waals surface area contributed by atoms with Crippen molar-refractivity contribution in [2.45, 2.75) is 173 Å². The molecular weight excluding hydrogens is 723 g/mol. The highest BCUT2D eigenvalue weighted by Crippen LogP contribution is 2.61. The van der Waals surface area contributed by atoms with E-state index in [1.165, 1.54) is 12.8 Å². The second-order valence-corrected chi connectivity index (χ2v) is 20.6. The van der Waals surface area contributed by atoms with Gasteiger partial charge < -0.3 is 35.4 Å². The number of aliphatic hydroxyl groups excluding tert-OH is 2. The van der Waals surface area contributed by atoms with Crippen LogP contribution in [0, 0.1) is 52.8 Å². The summed E-state index contributed by atoms with van der Waals surface area (Å²) in [5.74, 6) is 1.45. The van der Waals surface area contributed by atoms with E-state index in [1.54, 1.807) is 19.1 Å². The monoisotopic (exact) mass is 800 g/mol. The van der Waals surface area contributed by atoms with Crippen molar-refractivity contribution < 1.29 is 34.2 Å². The van der Waals surface area contributed by atoms with Crippen molar-refractivity contribution >= 4 is 17.7 Å². The van der Waals surface area contributed by atoms with E-state index in [-0.39, 0.29) is 78.3 Å². The van der Waals surface area contributed by atoms with Gasteiger partial charge in [0.2, 0.25) is 17.7 Å². The van der Waals surface area contributed by atoms with Gasteiger partial charge in [-0.1, -0.05) is 46.5 Å². The average molecular weight is 800 g/mol. The molecule has 0 aromatic rings. The molecule has 2 saturated heterocycles. The summed E-state index contributed by atoms with van der Waals surface area (Å²) in [4.78, 5) is 53.1. The van der Waals surface area contributed by atoms with E-state index >= 15 is 0 Å². The first kappa shape index (κ1) is 43.3. The summed E-state index contributed by atoms with van der Waals surface area (Å²) < 4.78 is 6.44. The maximum absolute atomic E-state index is 14.5. The van der Waals surface area contributed by atoms with Crippen molar-refractivity contribution in [1.82, 2.24) is 25.5 Å². The highest BCUT2D eigenvalue weighted by Gasteiger charge is 2.58. The third kappa shape index (κ3) is 8.70. The van der Waals surface area contributed by atoms with Gasteiger partial charge in [-0.3, -0.25) is 19.2 Å². The van der Waals surface area contributed by atoms with Gasteiger partial charge in [0, 0.05) is 56.1 Å². The minimum atomic E-state index is -0.843. The van der Waals surface area contributed by atoms with Crippen LogP contribution in [0.2, 0.25) is 0 Å². The fraction of sp³-hybridized carbons (Fsp3) is 0.933. The standard InChI is InChI=1S/C45H77N5O7/c1-26-35-22-31(45(35,3)4)23-36(26)47-43(54)40-39(27(2)52)38(25-51)57-50(40)24-28-13-11-16-34(41(28)56-7)29-19-30(21-33(20-29)48(5)6)44(55)49-18-12-17-37(49)42(53)46-32-14-9-8-10-15-32/h26-41,51-52H,8-25H2,1-7H3,(H,46,53)(H,47,54)/t26-,27-,28?,29?,30?,31+,33?,34?,35-,36-,37-,38-,39+,40-,41?/m0/s1. The van der Waals surface area contributed by atoms with Crippen molar-refractivity contribution in [2.24, 2.45) is 52.8 Å². The van der Waals surface area contributed by atoms with Crippen molar-refractivity contribution in [3.05, 3.63) is 0 Å². The summed E-state index contributed by atoms with van der Waals surface area (Å²) in [5.41, 5.74) is 0.305. The van der Waals surface area contributed by atoms with Crippen LogP contribution in [0.15, 0.2) is 0 Å². The third-order valence-corrected chi connectivity index (χ3v) is 16.9. The molecule has 6 saturated carbocycles. The SMILES string of the molecule is COC1C(CN2O[C@@H](CO)[C@@H]([C@H](C)O)[C@H]2C(=O)N[C@H]2C[C@H]3C[C@@H]([C@@H]2C)C3(C)C)CCCC1C1CC(C(=O)N2CCC[C@H]2C(=O)NC2CCCCC2)CC(N(C)C)C1. The fourth-order valence-corrected chi connectivity index (χ4v) is 13.5. The van der Waals surface area contributed by atoms with Crippen LogP contribution >= 0.6 is 0 Å². The number of likely N-dealkylation sites (tertiary alicyclic amines) is 1. The van der Waals surface area contributed by atoms with Crippen LogP contribution in [0.5, 0.6) is 0 Å². The second kappa shape index (κ2) is 18.0. The second-order valence-electron chi connectivity index (χ2n) is 20.6. The topological polar surface area (TPSA) is 144 Å². The summed E-state index contributed by atoms with van der Waals surface area (Å²) in [7, 11) is 6.03. The Balaban J connectivity index is 1.05. The lowest BCUT2D eigenvalue weighted by atomic mass is 9.45. The van der Waals surface area contributed by atoms with E-state index < -0.39 is 24.2 Å². The number of ether oxygens (including phenoxy) is 1. The number of methoxy groups -OCH3 is 1. The van der Waals surface area contributed by atoms with Crippen LogP contribution in [-0.4, -0.2) is 132 Å². The number of carbonyl (C=O) groups excluding carboxylic acids is 3. The lowest BCUT2D eigenvalue weighted by molar-refractivity contribution is -0.193. The van der Waals surface area contributed by atoms with Crippen LogP contribution in [0.1, 0.15) is 124 Å². The lowest BCUT2D eigenvalue weighted by Crippen LogP contribution is -2.62. The van der Waals surface area contributed by atoms with Gasteiger partial charge in [-0.25, -0.2) is 0 Å². The maximum Gasteiger partial charge on any atom is 0.243 e. The highest BCUT2D eigenvalue weighted by molar-refractivity contribution is 5.89. The first-order valence-corrected chi connectivity index (χ1v) is 23.1. The summed E-state index contributed by atoms with van der Waals surface area (Å²) in [6.07, 6.45) is 13.3. The van der Waals surface area contributed by atoms with Gasteiger partial charge in [-0.2, -0.15) is 5.06 Å². The predicted molar refractivity (Wildman–Crippen MR) is 218 cm³/mol. The van der Waals surface area contributed by atoms with Crippen molar-refractivity contribution in [3.8, 4) is 0 Å². The molecule has 8 fully saturated rings. The first-order valence-electron chi connectivity index (χ1n) is 23.1. The number of hydroxylamine groups is 2. The molecule has 0 spiro atoms. The summed E-state index contributed by atoms with van der Waals surface area (Å²) in [6, 6.07) is -0.539. The number of aliphatic hydroxyl groups is 2. The van der Waals surface area contributed by atoms with Gasteiger partial charge in [0.05, 0.1) is 18.8 Å². The molecule has 12 nitrogen and oxygen atoms in total. The van der Waals surface area contributed by atoms with Gasteiger partial charge in [0.1, 0.15) is 18.2 Å². The molecule has 8 aliphatic rings. The van der Waals surface area contributed by atoms with Gasteiger partial charge in [0.25, 0.3) is 0 Å². The number of hydrogen-bond donors (Lipinski definition) is 4. The quantitative estimate of drug-likeness (QED) is 0.227. The Bertz CT molecular complexity index is 1410. The third-order valence-electron chi connectivity index (χ3n) is 16.9. The summed E-state index contributed by atoms with van der Waals surface area (Å²) >= 11 is 0. The molecule has 0 aromatic carbocycles.